The predicted molar refractivity (Wildman–Crippen MR) is 117 cm³/mol. The van der Waals surface area contributed by atoms with Crippen LogP contribution in [-0.2, 0) is 4.79 Å². The van der Waals surface area contributed by atoms with Crippen molar-refractivity contribution in [2.24, 2.45) is 0 Å². The van der Waals surface area contributed by atoms with Crippen LogP contribution in [0.2, 0.25) is 0 Å². The fourth-order valence-electron chi connectivity index (χ4n) is 4.15. The van der Waals surface area contributed by atoms with Crippen LogP contribution in [0, 0.1) is 11.6 Å². The molecule has 5 nitrogen and oxygen atoms in total. The van der Waals surface area contributed by atoms with E-state index < -0.39 is 23.1 Å². The normalized spacial score (nSPS) is 17.2. The van der Waals surface area contributed by atoms with E-state index in [1.807, 2.05) is 24.3 Å². The number of hydrogen-bond donors (Lipinski definition) is 0. The summed E-state index contributed by atoms with van der Waals surface area (Å²) in [4.78, 5) is 28.1. The van der Waals surface area contributed by atoms with Crippen molar-refractivity contribution < 1.29 is 23.1 Å². The number of halogens is 2. The Bertz CT molecular complexity index is 990. The summed E-state index contributed by atoms with van der Waals surface area (Å²) in [5.41, 5.74) is 0.324. The molecule has 0 atom stereocenters. The van der Waals surface area contributed by atoms with Gasteiger partial charge in [-0.05, 0) is 61.6 Å². The summed E-state index contributed by atoms with van der Waals surface area (Å²) >= 11 is 0. The first-order valence-corrected chi connectivity index (χ1v) is 11.0. The van der Waals surface area contributed by atoms with Crippen molar-refractivity contribution in [3.63, 3.8) is 0 Å². The molecule has 1 aliphatic carbocycles. The Kier molecular flexibility index (Phi) is 6.83. The van der Waals surface area contributed by atoms with Crippen LogP contribution in [0.25, 0.3) is 6.08 Å². The fraction of sp³-hybridized carbons (Fsp3) is 0.360. The minimum atomic E-state index is -0.879. The van der Waals surface area contributed by atoms with Crippen LogP contribution in [0.3, 0.4) is 0 Å². The lowest BCUT2D eigenvalue weighted by Gasteiger charge is -2.34. The first-order valence-electron chi connectivity index (χ1n) is 11.0. The smallest absolute Gasteiger partial charge is 0.259 e. The quantitative estimate of drug-likeness (QED) is 0.652. The molecule has 168 valence electrons. The maximum Gasteiger partial charge on any atom is 0.259 e. The van der Waals surface area contributed by atoms with Gasteiger partial charge in [-0.3, -0.25) is 9.59 Å². The molecule has 0 unspecified atom stereocenters. The Morgan fingerprint density at radius 2 is 1.53 bits per heavy atom. The van der Waals surface area contributed by atoms with E-state index in [0.29, 0.717) is 13.1 Å². The predicted octanol–water partition coefficient (Wildman–Crippen LogP) is 4.28. The Balaban J connectivity index is 1.32. The van der Waals surface area contributed by atoms with Crippen LogP contribution >= 0.6 is 0 Å². The third kappa shape index (κ3) is 5.15. The van der Waals surface area contributed by atoms with E-state index in [1.165, 1.54) is 29.9 Å². The molecule has 4 rings (SSSR count). The molecule has 1 aliphatic heterocycles. The van der Waals surface area contributed by atoms with Gasteiger partial charge < -0.3 is 14.5 Å². The third-order valence-corrected chi connectivity index (χ3v) is 5.94. The van der Waals surface area contributed by atoms with E-state index in [1.54, 1.807) is 11.0 Å². The average molecular weight is 440 g/mol. The van der Waals surface area contributed by atoms with Crippen LogP contribution in [0.4, 0.5) is 8.78 Å². The molecule has 32 heavy (non-hydrogen) atoms. The second-order valence-electron chi connectivity index (χ2n) is 8.14. The molecular weight excluding hydrogens is 414 g/mol. The molecule has 1 heterocycles. The molecule has 2 aliphatic rings. The largest absolute Gasteiger partial charge is 0.490 e. The van der Waals surface area contributed by atoms with Crippen molar-refractivity contribution in [1.29, 1.82) is 0 Å². The Morgan fingerprint density at radius 1 is 0.906 bits per heavy atom. The highest BCUT2D eigenvalue weighted by Crippen LogP contribution is 2.25. The zero-order valence-corrected chi connectivity index (χ0v) is 17.8. The first kappa shape index (κ1) is 22.0. The second kappa shape index (κ2) is 9.94. The molecule has 0 spiro atoms. The fourth-order valence-corrected chi connectivity index (χ4v) is 4.15. The summed E-state index contributed by atoms with van der Waals surface area (Å²) in [5, 5.41) is 0. The molecule has 2 fully saturated rings. The molecular formula is C25H26F2N2O3. The van der Waals surface area contributed by atoms with Crippen LogP contribution in [-0.4, -0.2) is 53.9 Å². The Labute approximate surface area is 186 Å². The van der Waals surface area contributed by atoms with Gasteiger partial charge in [0, 0.05) is 32.3 Å². The van der Waals surface area contributed by atoms with E-state index in [9.17, 15) is 18.4 Å². The molecule has 2 aromatic rings. The van der Waals surface area contributed by atoms with Crippen LogP contribution in [0.1, 0.15) is 41.6 Å². The summed E-state index contributed by atoms with van der Waals surface area (Å²) < 4.78 is 33.8. The number of amides is 2. The van der Waals surface area contributed by atoms with E-state index in [4.69, 9.17) is 4.74 Å². The first-order chi connectivity index (χ1) is 15.5. The number of rotatable bonds is 5. The number of ether oxygens (including phenoxy) is 1. The molecule has 0 bridgehead atoms. The van der Waals surface area contributed by atoms with Crippen molar-refractivity contribution >= 4 is 17.9 Å². The summed E-state index contributed by atoms with van der Waals surface area (Å²) in [6, 6.07) is 11.0. The minimum Gasteiger partial charge on any atom is -0.490 e. The van der Waals surface area contributed by atoms with E-state index in [0.717, 1.165) is 36.3 Å². The van der Waals surface area contributed by atoms with Crippen molar-refractivity contribution in [1.82, 2.24) is 9.80 Å². The van der Waals surface area contributed by atoms with E-state index in [-0.39, 0.29) is 25.1 Å². The third-order valence-electron chi connectivity index (χ3n) is 5.94. The van der Waals surface area contributed by atoms with Gasteiger partial charge in [-0.1, -0.05) is 18.2 Å². The lowest BCUT2D eigenvalue weighted by Crippen LogP contribution is -2.50. The van der Waals surface area contributed by atoms with Crippen LogP contribution in [0.5, 0.6) is 5.75 Å². The maximum atomic E-state index is 13.9. The number of piperazine rings is 1. The average Bonchev–Trinajstić information content (AvgIpc) is 3.30. The highest BCUT2D eigenvalue weighted by Gasteiger charge is 2.27. The summed E-state index contributed by atoms with van der Waals surface area (Å²) in [6.07, 6.45) is 8.08. The van der Waals surface area contributed by atoms with Crippen molar-refractivity contribution in [3.8, 4) is 5.75 Å². The van der Waals surface area contributed by atoms with Gasteiger partial charge in [0.05, 0.1) is 6.10 Å². The Morgan fingerprint density at radius 3 is 2.22 bits per heavy atom. The highest BCUT2D eigenvalue weighted by molar-refractivity contribution is 5.95. The van der Waals surface area contributed by atoms with Gasteiger partial charge in [0.25, 0.3) is 5.91 Å². The van der Waals surface area contributed by atoms with Crippen molar-refractivity contribution in [3.05, 3.63) is 71.3 Å². The molecule has 2 aromatic carbocycles. The van der Waals surface area contributed by atoms with Crippen molar-refractivity contribution in [2.75, 3.05) is 26.2 Å². The SMILES string of the molecule is O=C(/C=C/c1cccc(OC2CCCC2)c1)N1CCN(C(=O)c2c(F)cccc2F)CC1. The summed E-state index contributed by atoms with van der Waals surface area (Å²) in [7, 11) is 0. The van der Waals surface area contributed by atoms with Gasteiger partial charge in [-0.15, -0.1) is 0 Å². The lowest BCUT2D eigenvalue weighted by molar-refractivity contribution is -0.127. The standard InChI is InChI=1S/C25H26F2N2O3/c26-21-9-4-10-22(27)24(21)25(31)29-15-13-28(14-16-29)23(30)12-11-18-5-3-8-20(17-18)32-19-6-1-2-7-19/h3-5,8-12,17,19H,1-2,6-7,13-16H2/b12-11+. The highest BCUT2D eigenvalue weighted by atomic mass is 19.1. The lowest BCUT2D eigenvalue weighted by atomic mass is 10.1. The van der Waals surface area contributed by atoms with E-state index >= 15 is 0 Å². The summed E-state index contributed by atoms with van der Waals surface area (Å²) in [6.45, 7) is 1.04. The molecule has 1 saturated carbocycles. The molecule has 2 amide bonds. The number of carbonyl (C=O) groups excluding carboxylic acids is 2. The van der Waals surface area contributed by atoms with Gasteiger partial charge in [-0.25, -0.2) is 8.78 Å². The molecule has 7 heteroatoms. The van der Waals surface area contributed by atoms with Gasteiger partial charge in [0.15, 0.2) is 0 Å². The Hall–Kier alpha value is -3.22. The molecule has 0 aromatic heterocycles. The topological polar surface area (TPSA) is 49.9 Å². The number of carbonyl (C=O) groups is 2. The number of nitrogens with zero attached hydrogens (tertiary/aromatic N) is 2. The van der Waals surface area contributed by atoms with Gasteiger partial charge in [0.2, 0.25) is 5.91 Å². The van der Waals surface area contributed by atoms with E-state index in [2.05, 4.69) is 0 Å². The van der Waals surface area contributed by atoms with Crippen molar-refractivity contribution in [2.45, 2.75) is 31.8 Å². The molecule has 1 saturated heterocycles. The molecule has 0 N–H and O–H groups in total. The molecule has 0 radical (unpaired) electrons. The number of benzene rings is 2. The van der Waals surface area contributed by atoms with Gasteiger partial charge in [-0.2, -0.15) is 0 Å². The number of hydrogen-bond acceptors (Lipinski definition) is 3. The van der Waals surface area contributed by atoms with Gasteiger partial charge in [0.1, 0.15) is 22.9 Å². The minimum absolute atomic E-state index is 0.170. The zero-order valence-electron chi connectivity index (χ0n) is 17.8. The van der Waals surface area contributed by atoms with Crippen LogP contribution < -0.4 is 4.74 Å². The monoisotopic (exact) mass is 440 g/mol. The van der Waals surface area contributed by atoms with Crippen LogP contribution in [0.15, 0.2) is 48.5 Å². The second-order valence-corrected chi connectivity index (χ2v) is 8.14. The summed E-state index contributed by atoms with van der Waals surface area (Å²) in [5.74, 6) is -1.82. The maximum absolute atomic E-state index is 13.9. The zero-order chi connectivity index (χ0) is 22.5. The van der Waals surface area contributed by atoms with Gasteiger partial charge >= 0.3 is 0 Å².